The Morgan fingerprint density at radius 3 is 1.81 bits per heavy atom. The molecule has 0 aliphatic heterocycles. The summed E-state index contributed by atoms with van der Waals surface area (Å²) < 4.78 is 11.6. The van der Waals surface area contributed by atoms with Gasteiger partial charge in [0.2, 0.25) is 8.32 Å². The van der Waals surface area contributed by atoms with Crippen LogP contribution in [0.15, 0.2) is 12.2 Å². The van der Waals surface area contributed by atoms with Crippen LogP contribution < -0.4 is 0 Å². The number of carbonyl (C=O) groups is 1. The fourth-order valence-electron chi connectivity index (χ4n) is 3.31. The van der Waals surface area contributed by atoms with E-state index in [4.69, 9.17) is 9.16 Å². The van der Waals surface area contributed by atoms with Crippen LogP contribution >= 0.6 is 0 Å². The summed E-state index contributed by atoms with van der Waals surface area (Å²) in [5.74, 6) is -0.287. The third kappa shape index (κ3) is 5.59. The highest BCUT2D eigenvalue weighted by molar-refractivity contribution is 6.77. The Labute approximate surface area is 132 Å². The Kier molecular flexibility index (Phi) is 9.14. The van der Waals surface area contributed by atoms with E-state index in [1.165, 1.54) is 6.08 Å². The molecule has 1 atom stereocenters. The Hall–Kier alpha value is -0.613. The van der Waals surface area contributed by atoms with E-state index < -0.39 is 8.32 Å². The van der Waals surface area contributed by atoms with Gasteiger partial charge in [-0.2, -0.15) is 0 Å². The van der Waals surface area contributed by atoms with Crippen molar-refractivity contribution >= 4 is 14.3 Å². The summed E-state index contributed by atoms with van der Waals surface area (Å²) in [6.07, 6.45) is 4.25. The summed E-state index contributed by atoms with van der Waals surface area (Å²) in [7, 11) is -1.91. The Balaban J connectivity index is 5.16. The molecule has 3 nitrogen and oxygen atoms in total. The SMILES string of the molecule is CCOC(=O)C=C[C@@H](CC)O[Si](C(C)C)(C(C)C)C(C)C. The molecule has 0 aromatic carbocycles. The van der Waals surface area contributed by atoms with Gasteiger partial charge in [-0.3, -0.25) is 0 Å². The Morgan fingerprint density at radius 1 is 1.00 bits per heavy atom. The molecule has 0 fully saturated rings. The van der Waals surface area contributed by atoms with Crippen molar-refractivity contribution in [2.24, 2.45) is 0 Å². The number of hydrogen-bond acceptors (Lipinski definition) is 3. The zero-order valence-electron chi connectivity index (χ0n) is 15.1. The maximum atomic E-state index is 11.5. The summed E-state index contributed by atoms with van der Waals surface area (Å²) in [6.45, 7) is 17.9. The lowest BCUT2D eigenvalue weighted by atomic mass is 10.2. The van der Waals surface area contributed by atoms with Gasteiger partial charge in [0.25, 0.3) is 0 Å². The van der Waals surface area contributed by atoms with Crippen LogP contribution in [0.25, 0.3) is 0 Å². The van der Waals surface area contributed by atoms with Crippen LogP contribution in [-0.4, -0.2) is 27.0 Å². The second-order valence-corrected chi connectivity index (χ2v) is 11.9. The van der Waals surface area contributed by atoms with E-state index in [1.54, 1.807) is 0 Å². The minimum Gasteiger partial charge on any atom is -0.463 e. The maximum Gasteiger partial charge on any atom is 0.330 e. The highest BCUT2D eigenvalue weighted by Gasteiger charge is 2.46. The Morgan fingerprint density at radius 2 is 1.48 bits per heavy atom. The number of hydrogen-bond donors (Lipinski definition) is 0. The number of ether oxygens (including phenoxy) is 1. The van der Waals surface area contributed by atoms with Gasteiger partial charge in [0.05, 0.1) is 12.7 Å². The summed E-state index contributed by atoms with van der Waals surface area (Å²) in [6, 6.07) is 0. The molecule has 124 valence electrons. The lowest BCUT2D eigenvalue weighted by Crippen LogP contribution is -2.49. The molecule has 4 heteroatoms. The summed E-state index contributed by atoms with van der Waals surface area (Å²) in [5, 5.41) is 0. The van der Waals surface area contributed by atoms with Gasteiger partial charge in [-0.25, -0.2) is 4.79 Å². The predicted octanol–water partition coefficient (Wildman–Crippen LogP) is 5.08. The monoisotopic (exact) mass is 314 g/mol. The molecule has 0 aliphatic carbocycles. The third-order valence-electron chi connectivity index (χ3n) is 4.20. The minimum atomic E-state index is -1.91. The van der Waals surface area contributed by atoms with Gasteiger partial charge in [0, 0.05) is 6.08 Å². The Bertz CT molecular complexity index is 313. The molecule has 0 saturated heterocycles. The van der Waals surface area contributed by atoms with Crippen molar-refractivity contribution in [1.82, 2.24) is 0 Å². The first-order valence-electron chi connectivity index (χ1n) is 8.24. The van der Waals surface area contributed by atoms with E-state index >= 15 is 0 Å². The first-order chi connectivity index (χ1) is 9.72. The van der Waals surface area contributed by atoms with Crippen molar-refractivity contribution in [3.8, 4) is 0 Å². The van der Waals surface area contributed by atoms with Gasteiger partial charge in [-0.15, -0.1) is 0 Å². The molecular weight excluding hydrogens is 280 g/mol. The van der Waals surface area contributed by atoms with E-state index in [0.29, 0.717) is 23.2 Å². The quantitative estimate of drug-likeness (QED) is 0.338. The van der Waals surface area contributed by atoms with Crippen LogP contribution in [0.3, 0.4) is 0 Å². The molecule has 0 heterocycles. The fourth-order valence-corrected chi connectivity index (χ4v) is 8.89. The van der Waals surface area contributed by atoms with Gasteiger partial charge >= 0.3 is 5.97 Å². The van der Waals surface area contributed by atoms with Crippen molar-refractivity contribution in [3.05, 3.63) is 12.2 Å². The van der Waals surface area contributed by atoms with Crippen molar-refractivity contribution < 1.29 is 14.0 Å². The topological polar surface area (TPSA) is 35.5 Å². The highest BCUT2D eigenvalue weighted by Crippen LogP contribution is 2.43. The summed E-state index contributed by atoms with van der Waals surface area (Å²) >= 11 is 0. The van der Waals surface area contributed by atoms with Crippen LogP contribution in [0.2, 0.25) is 16.6 Å². The molecule has 0 aromatic rings. The van der Waals surface area contributed by atoms with E-state index in [2.05, 4.69) is 48.5 Å². The van der Waals surface area contributed by atoms with Crippen LogP contribution in [0.1, 0.15) is 61.8 Å². The maximum absolute atomic E-state index is 11.5. The van der Waals surface area contributed by atoms with Crippen molar-refractivity contribution in [2.45, 2.75) is 84.5 Å². The summed E-state index contributed by atoms with van der Waals surface area (Å²) in [4.78, 5) is 11.5. The first-order valence-corrected chi connectivity index (χ1v) is 10.4. The molecule has 0 aliphatic rings. The van der Waals surface area contributed by atoms with Crippen LogP contribution in [0, 0.1) is 0 Å². The second kappa shape index (κ2) is 9.41. The molecule has 21 heavy (non-hydrogen) atoms. The lowest BCUT2D eigenvalue weighted by Gasteiger charge is -2.44. The van der Waals surface area contributed by atoms with E-state index in [-0.39, 0.29) is 12.1 Å². The molecule has 0 N–H and O–H groups in total. The molecule has 0 radical (unpaired) electrons. The fraction of sp³-hybridized carbons (Fsp3) is 0.824. The van der Waals surface area contributed by atoms with Crippen LogP contribution in [0.4, 0.5) is 0 Å². The normalized spacial score (nSPS) is 14.4. The molecule has 0 unspecified atom stereocenters. The second-order valence-electron chi connectivity index (χ2n) is 6.49. The highest BCUT2D eigenvalue weighted by atomic mass is 28.4. The van der Waals surface area contributed by atoms with E-state index in [0.717, 1.165) is 6.42 Å². The largest absolute Gasteiger partial charge is 0.463 e. The van der Waals surface area contributed by atoms with Crippen LogP contribution in [-0.2, 0) is 14.0 Å². The van der Waals surface area contributed by atoms with Crippen molar-refractivity contribution in [3.63, 3.8) is 0 Å². The summed E-state index contributed by atoms with van der Waals surface area (Å²) in [5.41, 5.74) is 1.63. The van der Waals surface area contributed by atoms with Gasteiger partial charge < -0.3 is 9.16 Å². The van der Waals surface area contributed by atoms with Crippen LogP contribution in [0.5, 0.6) is 0 Å². The first kappa shape index (κ1) is 20.4. The van der Waals surface area contributed by atoms with E-state index in [9.17, 15) is 4.79 Å². The standard InChI is InChI=1S/C17H34O3Si/c1-9-16(11-12-17(18)19-10-2)20-21(13(3)4,14(5)6)15(7)8/h11-16H,9-10H2,1-8H3/t16-/m1/s1. The number of carbonyl (C=O) groups excluding carboxylic acids is 1. The molecular formula is C17H34O3Si. The van der Waals surface area contributed by atoms with Gasteiger partial charge in [-0.05, 0) is 36.0 Å². The molecule has 0 aromatic heterocycles. The molecule has 0 bridgehead atoms. The lowest BCUT2D eigenvalue weighted by molar-refractivity contribution is -0.137. The van der Waals surface area contributed by atoms with Crippen molar-refractivity contribution in [1.29, 1.82) is 0 Å². The molecule has 0 rings (SSSR count). The minimum absolute atomic E-state index is 0.00623. The molecule has 0 saturated carbocycles. The van der Waals surface area contributed by atoms with Gasteiger partial charge in [0.15, 0.2) is 0 Å². The third-order valence-corrected chi connectivity index (χ3v) is 10.3. The molecule has 0 amide bonds. The zero-order valence-corrected chi connectivity index (χ0v) is 16.1. The number of esters is 1. The van der Waals surface area contributed by atoms with Gasteiger partial charge in [-0.1, -0.05) is 48.5 Å². The van der Waals surface area contributed by atoms with Crippen molar-refractivity contribution in [2.75, 3.05) is 6.61 Å². The predicted molar refractivity (Wildman–Crippen MR) is 92.0 cm³/mol. The average molecular weight is 315 g/mol. The molecule has 0 spiro atoms. The smallest absolute Gasteiger partial charge is 0.330 e. The van der Waals surface area contributed by atoms with E-state index in [1.807, 2.05) is 13.0 Å². The average Bonchev–Trinajstić information content (AvgIpc) is 2.38. The zero-order chi connectivity index (χ0) is 16.6. The number of rotatable bonds is 9. The van der Waals surface area contributed by atoms with Gasteiger partial charge in [0.1, 0.15) is 0 Å².